The van der Waals surface area contributed by atoms with E-state index in [1.54, 1.807) is 20.0 Å². The van der Waals surface area contributed by atoms with Gasteiger partial charge in [0.1, 0.15) is 23.5 Å². The zero-order valence-electron chi connectivity index (χ0n) is 15.0. The van der Waals surface area contributed by atoms with E-state index >= 15 is 0 Å². The highest BCUT2D eigenvalue weighted by Crippen LogP contribution is 2.24. The van der Waals surface area contributed by atoms with Crippen LogP contribution in [0.2, 0.25) is 0 Å². The summed E-state index contributed by atoms with van der Waals surface area (Å²) in [5.41, 5.74) is 0.573. The van der Waals surface area contributed by atoms with Crippen LogP contribution in [0.3, 0.4) is 0 Å². The summed E-state index contributed by atoms with van der Waals surface area (Å²) < 4.78 is 60.4. The highest BCUT2D eigenvalue weighted by atomic mass is 32.2. The highest BCUT2D eigenvalue weighted by Gasteiger charge is 2.31. The number of hydrogen-bond donors (Lipinski definition) is 0. The van der Waals surface area contributed by atoms with Gasteiger partial charge in [-0.25, -0.2) is 17.2 Å². The molecule has 1 fully saturated rings. The Kier molecular flexibility index (Phi) is 5.34. The molecule has 0 radical (unpaired) electrons. The van der Waals surface area contributed by atoms with E-state index in [2.05, 4.69) is 0 Å². The van der Waals surface area contributed by atoms with Gasteiger partial charge < -0.3 is 9.30 Å². The molecule has 1 aliphatic heterocycles. The van der Waals surface area contributed by atoms with Gasteiger partial charge in [0.15, 0.2) is 0 Å². The Morgan fingerprint density at radius 2 is 1.63 bits per heavy atom. The number of sulfonamides is 1. The monoisotopic (exact) mass is 398 g/mol. The van der Waals surface area contributed by atoms with Crippen molar-refractivity contribution in [2.45, 2.75) is 30.8 Å². The van der Waals surface area contributed by atoms with Crippen LogP contribution < -0.4 is 10.3 Å². The molecule has 0 bridgehead atoms. The van der Waals surface area contributed by atoms with Crippen LogP contribution in [-0.2, 0) is 17.1 Å². The topological polar surface area (TPSA) is 68.6 Å². The second-order valence-electron chi connectivity index (χ2n) is 6.56. The van der Waals surface area contributed by atoms with Crippen LogP contribution in [0.25, 0.3) is 0 Å². The van der Waals surface area contributed by atoms with E-state index in [4.69, 9.17) is 4.74 Å². The van der Waals surface area contributed by atoms with Crippen molar-refractivity contribution < 1.29 is 21.9 Å². The molecule has 1 aliphatic rings. The van der Waals surface area contributed by atoms with Crippen LogP contribution in [0.1, 0.15) is 18.5 Å². The Hall–Kier alpha value is -2.26. The molecule has 27 heavy (non-hydrogen) atoms. The van der Waals surface area contributed by atoms with E-state index in [-0.39, 0.29) is 24.8 Å². The molecule has 0 N–H and O–H groups in total. The van der Waals surface area contributed by atoms with E-state index in [1.807, 2.05) is 0 Å². The number of rotatable bonds is 4. The Labute approximate surface area is 156 Å². The maximum atomic E-state index is 13.4. The van der Waals surface area contributed by atoms with Crippen molar-refractivity contribution >= 4 is 10.0 Å². The van der Waals surface area contributed by atoms with Crippen molar-refractivity contribution in [1.29, 1.82) is 0 Å². The molecule has 0 aliphatic carbocycles. The minimum atomic E-state index is -3.98. The first-order valence-corrected chi connectivity index (χ1v) is 9.91. The molecule has 1 saturated heterocycles. The number of pyridine rings is 1. The van der Waals surface area contributed by atoms with Gasteiger partial charge in [-0.2, -0.15) is 4.31 Å². The quantitative estimate of drug-likeness (QED) is 0.792. The zero-order valence-corrected chi connectivity index (χ0v) is 15.8. The van der Waals surface area contributed by atoms with Crippen LogP contribution in [0.5, 0.6) is 5.75 Å². The lowest BCUT2D eigenvalue weighted by Gasteiger charge is -2.31. The molecule has 146 valence electrons. The molecule has 6 nitrogen and oxygen atoms in total. The Morgan fingerprint density at radius 3 is 2.19 bits per heavy atom. The fourth-order valence-corrected chi connectivity index (χ4v) is 4.53. The van der Waals surface area contributed by atoms with E-state index in [0.29, 0.717) is 24.7 Å². The van der Waals surface area contributed by atoms with E-state index in [9.17, 15) is 22.0 Å². The lowest BCUT2D eigenvalue weighted by Crippen LogP contribution is -2.41. The average molecular weight is 398 g/mol. The molecule has 0 atom stereocenters. The zero-order chi connectivity index (χ0) is 19.8. The molecule has 2 heterocycles. The summed E-state index contributed by atoms with van der Waals surface area (Å²) in [6.07, 6.45) is 0.573. The van der Waals surface area contributed by atoms with Crippen molar-refractivity contribution in [3.63, 3.8) is 0 Å². The molecule has 1 aromatic carbocycles. The number of aryl methyl sites for hydroxylation is 1. The number of piperidine rings is 1. The fraction of sp³-hybridized carbons (Fsp3) is 0.389. The maximum absolute atomic E-state index is 13.4. The summed E-state index contributed by atoms with van der Waals surface area (Å²) in [7, 11) is -2.31. The first kappa shape index (κ1) is 19.5. The van der Waals surface area contributed by atoms with Crippen molar-refractivity contribution in [3.05, 3.63) is 58.0 Å². The van der Waals surface area contributed by atoms with Crippen molar-refractivity contribution in [2.75, 3.05) is 13.1 Å². The smallest absolute Gasteiger partial charge is 0.254 e. The fourth-order valence-electron chi connectivity index (χ4n) is 3.01. The van der Waals surface area contributed by atoms with E-state index in [0.717, 1.165) is 17.8 Å². The van der Waals surface area contributed by atoms with Gasteiger partial charge in [0.2, 0.25) is 10.0 Å². The van der Waals surface area contributed by atoms with Gasteiger partial charge in [0, 0.05) is 38.0 Å². The van der Waals surface area contributed by atoms with Gasteiger partial charge in [-0.1, -0.05) is 0 Å². The first-order valence-electron chi connectivity index (χ1n) is 8.47. The normalized spacial score (nSPS) is 16.4. The van der Waals surface area contributed by atoms with Crippen LogP contribution >= 0.6 is 0 Å². The number of hydrogen-bond acceptors (Lipinski definition) is 4. The largest absolute Gasteiger partial charge is 0.490 e. The molecular weight excluding hydrogens is 378 g/mol. The van der Waals surface area contributed by atoms with Gasteiger partial charge in [-0.3, -0.25) is 4.79 Å². The predicted molar refractivity (Wildman–Crippen MR) is 95.2 cm³/mol. The third kappa shape index (κ3) is 4.19. The first-order chi connectivity index (χ1) is 12.7. The van der Waals surface area contributed by atoms with Gasteiger partial charge >= 0.3 is 0 Å². The number of aromatic nitrogens is 1. The van der Waals surface area contributed by atoms with Crippen molar-refractivity contribution in [1.82, 2.24) is 8.87 Å². The van der Waals surface area contributed by atoms with Crippen LogP contribution in [0.4, 0.5) is 8.78 Å². The van der Waals surface area contributed by atoms with Gasteiger partial charge in [-0.15, -0.1) is 0 Å². The summed E-state index contributed by atoms with van der Waals surface area (Å²) in [4.78, 5) is 11.4. The van der Waals surface area contributed by atoms with Gasteiger partial charge in [0.25, 0.3) is 5.56 Å². The van der Waals surface area contributed by atoms with Crippen molar-refractivity contribution in [2.24, 2.45) is 7.05 Å². The third-order valence-corrected chi connectivity index (χ3v) is 6.53. The summed E-state index contributed by atoms with van der Waals surface area (Å²) in [6, 6.07) is 5.39. The molecule has 1 aromatic heterocycles. The predicted octanol–water partition coefficient (Wildman–Crippen LogP) is 2.20. The average Bonchev–Trinajstić information content (AvgIpc) is 2.59. The maximum Gasteiger partial charge on any atom is 0.254 e. The minimum absolute atomic E-state index is 0.162. The van der Waals surface area contributed by atoms with Crippen LogP contribution in [0, 0.1) is 18.6 Å². The molecule has 3 rings (SSSR count). The van der Waals surface area contributed by atoms with E-state index < -0.39 is 26.6 Å². The second-order valence-corrected chi connectivity index (χ2v) is 8.49. The highest BCUT2D eigenvalue weighted by molar-refractivity contribution is 7.89. The Balaban J connectivity index is 1.69. The molecule has 2 aromatic rings. The molecule has 0 unspecified atom stereocenters. The van der Waals surface area contributed by atoms with Gasteiger partial charge in [-0.05, 0) is 38.0 Å². The number of nitrogens with zero attached hydrogens (tertiary/aromatic N) is 2. The molecule has 0 spiro atoms. The third-order valence-electron chi connectivity index (χ3n) is 4.65. The minimum Gasteiger partial charge on any atom is -0.490 e. The standard InChI is InChI=1S/C18H20F2N2O4S/c1-12-7-16(11-18(23)21(12)2)26-15-3-5-22(6-4-15)27(24,25)17-9-13(19)8-14(20)10-17/h7-11,15H,3-6H2,1-2H3. The summed E-state index contributed by atoms with van der Waals surface area (Å²) in [5.74, 6) is -1.43. The van der Waals surface area contributed by atoms with Crippen LogP contribution in [-0.4, -0.2) is 36.5 Å². The number of benzene rings is 1. The SMILES string of the molecule is Cc1cc(OC2CCN(S(=O)(=O)c3cc(F)cc(F)c3)CC2)cc(=O)n1C. The molecule has 9 heteroatoms. The second kappa shape index (κ2) is 7.40. The summed E-state index contributed by atoms with van der Waals surface area (Å²) >= 11 is 0. The molecule has 0 amide bonds. The van der Waals surface area contributed by atoms with Crippen LogP contribution in [0.15, 0.2) is 40.0 Å². The summed E-state index contributed by atoms with van der Waals surface area (Å²) in [5, 5.41) is 0. The number of ether oxygens (including phenoxy) is 1. The number of halogens is 2. The van der Waals surface area contributed by atoms with E-state index in [1.165, 1.54) is 14.9 Å². The Morgan fingerprint density at radius 1 is 1.04 bits per heavy atom. The summed E-state index contributed by atoms with van der Waals surface area (Å²) in [6.45, 7) is 2.12. The van der Waals surface area contributed by atoms with Crippen molar-refractivity contribution in [3.8, 4) is 5.75 Å². The lowest BCUT2D eigenvalue weighted by atomic mass is 10.1. The molecule has 0 saturated carbocycles. The molecular formula is C18H20F2N2O4S. The van der Waals surface area contributed by atoms with Gasteiger partial charge in [0.05, 0.1) is 4.90 Å². The lowest BCUT2D eigenvalue weighted by molar-refractivity contribution is 0.134. The Bertz CT molecular complexity index is 992.